The van der Waals surface area contributed by atoms with E-state index in [1.807, 2.05) is 18.4 Å². The van der Waals surface area contributed by atoms with E-state index in [0.29, 0.717) is 6.54 Å². The van der Waals surface area contributed by atoms with Gasteiger partial charge in [0.05, 0.1) is 22.0 Å². The van der Waals surface area contributed by atoms with Crippen LogP contribution in [0.15, 0.2) is 34.5 Å². The molecule has 0 aliphatic heterocycles. The predicted molar refractivity (Wildman–Crippen MR) is 102 cm³/mol. The zero-order chi connectivity index (χ0) is 18.8. The van der Waals surface area contributed by atoms with E-state index in [1.165, 1.54) is 29.6 Å². The van der Waals surface area contributed by atoms with Crippen molar-refractivity contribution in [3.05, 3.63) is 50.7 Å². The molecule has 25 heavy (non-hydrogen) atoms. The highest BCUT2D eigenvalue weighted by Gasteiger charge is 2.25. The average Bonchev–Trinajstić information content (AvgIpc) is 2.97. The van der Waals surface area contributed by atoms with E-state index in [1.54, 1.807) is 25.2 Å². The molecule has 1 N–H and O–H groups in total. The van der Waals surface area contributed by atoms with Gasteiger partial charge in [0.15, 0.2) is 0 Å². The summed E-state index contributed by atoms with van der Waals surface area (Å²) in [5, 5.41) is 4.96. The number of aryl methyl sites for hydroxylation is 1. The highest BCUT2D eigenvalue weighted by Crippen LogP contribution is 2.24. The molecule has 136 valence electrons. The lowest BCUT2D eigenvalue weighted by atomic mass is 10.2. The molecule has 0 atom stereocenters. The van der Waals surface area contributed by atoms with Crippen molar-refractivity contribution in [2.24, 2.45) is 0 Å². The molecule has 0 saturated carbocycles. The second kappa shape index (κ2) is 7.86. The number of rotatable bonds is 6. The Morgan fingerprint density at radius 2 is 2.00 bits per heavy atom. The molecule has 2 aromatic rings. The number of carbonyl (C=O) groups excluding carboxylic acids is 1. The zero-order valence-corrected chi connectivity index (χ0v) is 16.9. The molecule has 8 heteroatoms. The Morgan fingerprint density at radius 1 is 1.32 bits per heavy atom. The molecule has 0 aliphatic carbocycles. The van der Waals surface area contributed by atoms with Gasteiger partial charge < -0.3 is 5.32 Å². The third-order valence-corrected chi connectivity index (χ3v) is 7.35. The van der Waals surface area contributed by atoms with Crippen LogP contribution < -0.4 is 5.32 Å². The van der Waals surface area contributed by atoms with Crippen LogP contribution in [-0.2, 0) is 16.6 Å². The number of nitrogens with one attached hydrogen (secondary N) is 1. The van der Waals surface area contributed by atoms with E-state index in [2.05, 4.69) is 5.32 Å². The largest absolute Gasteiger partial charge is 0.347 e. The monoisotopic (exact) mass is 400 g/mol. The summed E-state index contributed by atoms with van der Waals surface area (Å²) in [6.07, 6.45) is 0. The first-order valence-electron chi connectivity index (χ1n) is 7.73. The quantitative estimate of drug-likeness (QED) is 0.804. The second-order valence-electron chi connectivity index (χ2n) is 5.97. The van der Waals surface area contributed by atoms with Gasteiger partial charge in [0.1, 0.15) is 0 Å². The summed E-state index contributed by atoms with van der Waals surface area (Å²) >= 11 is 7.66. The minimum Gasteiger partial charge on any atom is -0.347 e. The van der Waals surface area contributed by atoms with Crippen molar-refractivity contribution < 1.29 is 13.2 Å². The third-order valence-electron chi connectivity index (χ3n) is 3.96. The van der Waals surface area contributed by atoms with Gasteiger partial charge >= 0.3 is 0 Å². The number of sulfonamides is 1. The lowest BCUT2D eigenvalue weighted by Gasteiger charge is -2.21. The van der Waals surface area contributed by atoms with E-state index < -0.39 is 15.9 Å². The maximum atomic E-state index is 12.6. The molecule has 2 rings (SSSR count). The van der Waals surface area contributed by atoms with E-state index in [9.17, 15) is 13.2 Å². The number of benzene rings is 1. The maximum absolute atomic E-state index is 12.6. The normalized spacial score (nSPS) is 12.0. The number of nitrogens with zero attached hydrogens (tertiary/aromatic N) is 1. The topological polar surface area (TPSA) is 66.5 Å². The average molecular weight is 401 g/mol. The van der Waals surface area contributed by atoms with Crippen molar-refractivity contribution in [1.82, 2.24) is 9.62 Å². The second-order valence-corrected chi connectivity index (χ2v) is 9.37. The molecule has 1 amide bonds. The molecule has 0 unspecified atom stereocenters. The van der Waals surface area contributed by atoms with Crippen molar-refractivity contribution in [1.29, 1.82) is 0 Å². The fourth-order valence-electron chi connectivity index (χ4n) is 2.12. The highest BCUT2D eigenvalue weighted by molar-refractivity contribution is 7.89. The fourth-order valence-corrected chi connectivity index (χ4v) is 4.57. The highest BCUT2D eigenvalue weighted by atomic mass is 35.5. The van der Waals surface area contributed by atoms with E-state index in [4.69, 9.17) is 11.6 Å². The van der Waals surface area contributed by atoms with Crippen LogP contribution >= 0.6 is 22.9 Å². The van der Waals surface area contributed by atoms with Gasteiger partial charge in [0.25, 0.3) is 5.91 Å². The molecule has 5 nitrogen and oxygen atoms in total. The van der Waals surface area contributed by atoms with Gasteiger partial charge in [-0.1, -0.05) is 11.6 Å². The summed E-state index contributed by atoms with van der Waals surface area (Å²) < 4.78 is 26.5. The molecule has 0 aliphatic rings. The van der Waals surface area contributed by atoms with Gasteiger partial charge in [-0.15, -0.1) is 11.3 Å². The molecule has 1 aromatic carbocycles. The summed E-state index contributed by atoms with van der Waals surface area (Å²) in [4.78, 5) is 13.6. The molecular formula is C17H21ClN2O3S2. The van der Waals surface area contributed by atoms with Gasteiger partial charge in [-0.05, 0) is 56.0 Å². The first kappa shape index (κ1) is 19.9. The Kier molecular flexibility index (Phi) is 6.26. The molecule has 1 heterocycles. The van der Waals surface area contributed by atoms with E-state index in [0.717, 1.165) is 10.4 Å². The Hall–Kier alpha value is -1.41. The van der Waals surface area contributed by atoms with Gasteiger partial charge in [0, 0.05) is 18.0 Å². The van der Waals surface area contributed by atoms with Crippen LogP contribution in [0, 0.1) is 6.92 Å². The van der Waals surface area contributed by atoms with Gasteiger partial charge in [-0.2, -0.15) is 4.31 Å². The van der Waals surface area contributed by atoms with Crippen molar-refractivity contribution in [2.45, 2.75) is 38.3 Å². The molecule has 1 aromatic heterocycles. The van der Waals surface area contributed by atoms with E-state index in [-0.39, 0.29) is 21.5 Å². The number of halogens is 1. The van der Waals surface area contributed by atoms with Crippen LogP contribution in [0.25, 0.3) is 0 Å². The van der Waals surface area contributed by atoms with Gasteiger partial charge in [-0.3, -0.25) is 4.79 Å². The summed E-state index contributed by atoms with van der Waals surface area (Å²) in [6.45, 7) is 5.91. The van der Waals surface area contributed by atoms with Crippen LogP contribution in [0.1, 0.15) is 34.6 Å². The molecule has 0 radical (unpaired) electrons. The molecule has 0 fully saturated rings. The summed E-state index contributed by atoms with van der Waals surface area (Å²) in [5.74, 6) is -0.401. The standard InChI is InChI=1S/C17H21ClN2O3S2/c1-11(2)20(4)25(22,23)13-5-6-15(18)14(9-13)17(21)19-10-16-12(3)7-8-24-16/h5-9,11H,10H2,1-4H3,(H,19,21). The van der Waals surface area contributed by atoms with Crippen molar-refractivity contribution >= 4 is 38.9 Å². The van der Waals surface area contributed by atoms with Crippen molar-refractivity contribution in [3.63, 3.8) is 0 Å². The first-order chi connectivity index (χ1) is 11.6. The predicted octanol–water partition coefficient (Wildman–Crippen LogP) is 3.67. The minimum atomic E-state index is -3.68. The molecular weight excluding hydrogens is 380 g/mol. The van der Waals surface area contributed by atoms with Gasteiger partial charge in [-0.25, -0.2) is 8.42 Å². The lowest BCUT2D eigenvalue weighted by Crippen LogP contribution is -2.33. The number of hydrogen-bond donors (Lipinski definition) is 1. The van der Waals surface area contributed by atoms with Crippen LogP contribution in [0.3, 0.4) is 0 Å². The van der Waals surface area contributed by atoms with Gasteiger partial charge in [0.2, 0.25) is 10.0 Å². The Labute approximate surface area is 157 Å². The zero-order valence-electron chi connectivity index (χ0n) is 14.5. The lowest BCUT2D eigenvalue weighted by molar-refractivity contribution is 0.0951. The molecule has 0 spiro atoms. The number of amides is 1. The first-order valence-corrected chi connectivity index (χ1v) is 10.4. The minimum absolute atomic E-state index is 0.0468. The van der Waals surface area contributed by atoms with Crippen LogP contribution in [0.5, 0.6) is 0 Å². The fraction of sp³-hybridized carbons (Fsp3) is 0.353. The Balaban J connectivity index is 2.27. The smallest absolute Gasteiger partial charge is 0.253 e. The summed E-state index contributed by atoms with van der Waals surface area (Å²) in [5.41, 5.74) is 1.25. The summed E-state index contributed by atoms with van der Waals surface area (Å²) in [7, 11) is -2.17. The van der Waals surface area contributed by atoms with Crippen molar-refractivity contribution in [3.8, 4) is 0 Å². The third kappa shape index (κ3) is 4.41. The SMILES string of the molecule is Cc1ccsc1CNC(=O)c1cc(S(=O)(=O)N(C)C(C)C)ccc1Cl. The molecule has 0 bridgehead atoms. The number of hydrogen-bond acceptors (Lipinski definition) is 4. The Bertz CT molecular complexity index is 876. The number of thiophene rings is 1. The number of carbonyl (C=O) groups is 1. The maximum Gasteiger partial charge on any atom is 0.253 e. The van der Waals surface area contributed by atoms with Crippen LogP contribution in [0.4, 0.5) is 0 Å². The Morgan fingerprint density at radius 3 is 2.56 bits per heavy atom. The molecule has 0 saturated heterocycles. The summed E-state index contributed by atoms with van der Waals surface area (Å²) in [6, 6.07) is 5.96. The van der Waals surface area contributed by atoms with E-state index >= 15 is 0 Å². The van der Waals surface area contributed by atoms with Crippen LogP contribution in [0.2, 0.25) is 5.02 Å². The van der Waals surface area contributed by atoms with Crippen molar-refractivity contribution in [2.75, 3.05) is 7.05 Å². The van der Waals surface area contributed by atoms with Crippen LogP contribution in [-0.4, -0.2) is 31.7 Å².